The van der Waals surface area contributed by atoms with Gasteiger partial charge in [-0.1, -0.05) is 20.8 Å². The molecule has 0 saturated carbocycles. The molecule has 0 amide bonds. The van der Waals surface area contributed by atoms with E-state index in [0.717, 1.165) is 6.54 Å². The van der Waals surface area contributed by atoms with Gasteiger partial charge in [0, 0.05) is 12.3 Å². The fourth-order valence-corrected chi connectivity index (χ4v) is 1.99. The number of hydrogen-bond donors (Lipinski definition) is 2. The van der Waals surface area contributed by atoms with Crippen LogP contribution in [0.1, 0.15) is 20.8 Å². The van der Waals surface area contributed by atoms with Crippen molar-refractivity contribution in [1.29, 1.82) is 0 Å². The predicted octanol–water partition coefficient (Wildman–Crippen LogP) is 0.242. The third kappa shape index (κ3) is 6.87. The smallest absolute Gasteiger partial charge is 0.151 e. The summed E-state index contributed by atoms with van der Waals surface area (Å²) in [5.41, 5.74) is 5.61. The van der Waals surface area contributed by atoms with Crippen LogP contribution in [0.15, 0.2) is 0 Å². The molecule has 0 radical (unpaired) electrons. The topological polar surface area (TPSA) is 72.2 Å². The van der Waals surface area contributed by atoms with Crippen molar-refractivity contribution < 1.29 is 8.42 Å². The molecule has 1 atom stereocenters. The SMILES string of the molecule is CCS(=O)(=O)CCNCC(CN)C(C)C. The van der Waals surface area contributed by atoms with E-state index in [1.807, 2.05) is 0 Å². The van der Waals surface area contributed by atoms with E-state index >= 15 is 0 Å². The van der Waals surface area contributed by atoms with E-state index in [1.54, 1.807) is 6.92 Å². The first-order valence-electron chi connectivity index (χ1n) is 5.54. The number of rotatable bonds is 8. The average Bonchev–Trinajstić information content (AvgIpc) is 2.17. The lowest BCUT2D eigenvalue weighted by Gasteiger charge is -2.19. The molecule has 0 rings (SSSR count). The first-order chi connectivity index (χ1) is 6.93. The van der Waals surface area contributed by atoms with Gasteiger partial charge in [-0.15, -0.1) is 0 Å². The molecule has 0 aromatic carbocycles. The summed E-state index contributed by atoms with van der Waals surface area (Å²) in [5.74, 6) is 1.40. The van der Waals surface area contributed by atoms with Gasteiger partial charge in [-0.25, -0.2) is 8.42 Å². The van der Waals surface area contributed by atoms with E-state index in [2.05, 4.69) is 19.2 Å². The van der Waals surface area contributed by atoms with Gasteiger partial charge >= 0.3 is 0 Å². The summed E-state index contributed by atoms with van der Waals surface area (Å²) in [6.45, 7) is 7.90. The molecule has 0 aliphatic carbocycles. The van der Waals surface area contributed by atoms with Crippen LogP contribution in [0, 0.1) is 11.8 Å². The Morgan fingerprint density at radius 3 is 2.33 bits per heavy atom. The standard InChI is InChI=1S/C10H24N2O2S/c1-4-15(13,14)6-5-12-8-10(7-11)9(2)3/h9-10,12H,4-8,11H2,1-3H3. The Kier molecular flexibility index (Phi) is 7.13. The van der Waals surface area contributed by atoms with Crippen LogP contribution >= 0.6 is 0 Å². The van der Waals surface area contributed by atoms with Gasteiger partial charge in [0.05, 0.1) is 5.75 Å². The molecule has 5 heteroatoms. The van der Waals surface area contributed by atoms with Crippen molar-refractivity contribution in [1.82, 2.24) is 5.32 Å². The molecule has 0 fully saturated rings. The molecule has 0 aliphatic heterocycles. The van der Waals surface area contributed by atoms with Crippen LogP contribution in [0.4, 0.5) is 0 Å². The normalized spacial score (nSPS) is 14.5. The van der Waals surface area contributed by atoms with Gasteiger partial charge in [-0.05, 0) is 24.9 Å². The Morgan fingerprint density at radius 2 is 1.93 bits per heavy atom. The molecule has 0 aliphatic rings. The Balaban J connectivity index is 3.71. The Labute approximate surface area is 93.5 Å². The zero-order valence-electron chi connectivity index (χ0n) is 9.99. The van der Waals surface area contributed by atoms with Crippen LogP contribution in [-0.4, -0.2) is 39.6 Å². The van der Waals surface area contributed by atoms with Gasteiger partial charge in [-0.3, -0.25) is 0 Å². The van der Waals surface area contributed by atoms with Crippen LogP contribution in [-0.2, 0) is 9.84 Å². The van der Waals surface area contributed by atoms with E-state index < -0.39 is 9.84 Å². The Hall–Kier alpha value is -0.130. The average molecular weight is 236 g/mol. The summed E-state index contributed by atoms with van der Waals surface area (Å²) in [7, 11) is -2.84. The zero-order valence-corrected chi connectivity index (χ0v) is 10.8. The van der Waals surface area contributed by atoms with E-state index in [9.17, 15) is 8.42 Å². The predicted molar refractivity (Wildman–Crippen MR) is 64.6 cm³/mol. The Bertz CT molecular complexity index is 250. The van der Waals surface area contributed by atoms with E-state index in [1.165, 1.54) is 0 Å². The summed E-state index contributed by atoms with van der Waals surface area (Å²) >= 11 is 0. The minimum Gasteiger partial charge on any atom is -0.330 e. The van der Waals surface area contributed by atoms with Crippen LogP contribution in [0.25, 0.3) is 0 Å². The van der Waals surface area contributed by atoms with Gasteiger partial charge in [0.1, 0.15) is 0 Å². The second-order valence-corrected chi connectivity index (χ2v) is 6.65. The molecule has 0 saturated heterocycles. The van der Waals surface area contributed by atoms with E-state index in [0.29, 0.717) is 24.9 Å². The maximum absolute atomic E-state index is 11.2. The van der Waals surface area contributed by atoms with Crippen molar-refractivity contribution in [2.45, 2.75) is 20.8 Å². The highest BCUT2D eigenvalue weighted by atomic mass is 32.2. The number of hydrogen-bond acceptors (Lipinski definition) is 4. The summed E-state index contributed by atoms with van der Waals surface area (Å²) in [5, 5.41) is 3.15. The molecular formula is C10H24N2O2S. The highest BCUT2D eigenvalue weighted by molar-refractivity contribution is 7.91. The molecule has 92 valence electrons. The maximum Gasteiger partial charge on any atom is 0.151 e. The summed E-state index contributed by atoms with van der Waals surface area (Å²) in [4.78, 5) is 0. The van der Waals surface area contributed by atoms with Crippen LogP contribution in [0.5, 0.6) is 0 Å². The minimum absolute atomic E-state index is 0.221. The van der Waals surface area contributed by atoms with Crippen molar-refractivity contribution in [3.05, 3.63) is 0 Å². The summed E-state index contributed by atoms with van der Waals surface area (Å²) in [6, 6.07) is 0. The minimum atomic E-state index is -2.84. The quantitative estimate of drug-likeness (QED) is 0.592. The first kappa shape index (κ1) is 14.9. The summed E-state index contributed by atoms with van der Waals surface area (Å²) < 4.78 is 22.4. The highest BCUT2D eigenvalue weighted by Crippen LogP contribution is 2.06. The molecule has 1 unspecified atom stereocenters. The lowest BCUT2D eigenvalue weighted by Crippen LogP contribution is -2.34. The van der Waals surface area contributed by atoms with Crippen LogP contribution < -0.4 is 11.1 Å². The van der Waals surface area contributed by atoms with Crippen molar-refractivity contribution in [2.24, 2.45) is 17.6 Å². The molecule has 0 aromatic rings. The second-order valence-electron chi connectivity index (χ2n) is 4.18. The maximum atomic E-state index is 11.2. The number of sulfone groups is 1. The monoisotopic (exact) mass is 236 g/mol. The van der Waals surface area contributed by atoms with Gasteiger partial charge in [0.15, 0.2) is 9.84 Å². The van der Waals surface area contributed by atoms with Crippen molar-refractivity contribution in [3.63, 3.8) is 0 Å². The second kappa shape index (κ2) is 7.19. The molecule has 4 nitrogen and oxygen atoms in total. The van der Waals surface area contributed by atoms with Gasteiger partial charge < -0.3 is 11.1 Å². The Morgan fingerprint density at radius 1 is 1.33 bits per heavy atom. The van der Waals surface area contributed by atoms with Crippen molar-refractivity contribution >= 4 is 9.84 Å². The molecule has 0 spiro atoms. The van der Waals surface area contributed by atoms with Crippen molar-refractivity contribution in [3.8, 4) is 0 Å². The molecule has 0 aromatic heterocycles. The fourth-order valence-electron chi connectivity index (χ4n) is 1.25. The fraction of sp³-hybridized carbons (Fsp3) is 1.00. The van der Waals surface area contributed by atoms with Crippen LogP contribution in [0.2, 0.25) is 0 Å². The van der Waals surface area contributed by atoms with E-state index in [-0.39, 0.29) is 11.5 Å². The third-order valence-electron chi connectivity index (χ3n) is 2.68. The third-order valence-corrected chi connectivity index (χ3v) is 4.39. The molecule has 0 bridgehead atoms. The number of nitrogens with two attached hydrogens (primary N) is 1. The van der Waals surface area contributed by atoms with Gasteiger partial charge in [0.25, 0.3) is 0 Å². The molecule has 3 N–H and O–H groups in total. The lowest BCUT2D eigenvalue weighted by molar-refractivity contribution is 0.375. The summed E-state index contributed by atoms with van der Waals surface area (Å²) in [6.07, 6.45) is 0. The molecular weight excluding hydrogens is 212 g/mol. The molecule has 0 heterocycles. The van der Waals surface area contributed by atoms with Gasteiger partial charge in [0.2, 0.25) is 0 Å². The lowest BCUT2D eigenvalue weighted by atomic mass is 9.96. The van der Waals surface area contributed by atoms with E-state index in [4.69, 9.17) is 5.73 Å². The largest absolute Gasteiger partial charge is 0.330 e. The molecule has 15 heavy (non-hydrogen) atoms. The van der Waals surface area contributed by atoms with Gasteiger partial charge in [-0.2, -0.15) is 0 Å². The number of nitrogens with one attached hydrogen (secondary N) is 1. The van der Waals surface area contributed by atoms with Crippen molar-refractivity contribution in [2.75, 3.05) is 31.1 Å². The van der Waals surface area contributed by atoms with Crippen LogP contribution in [0.3, 0.4) is 0 Å². The zero-order chi connectivity index (χ0) is 11.9. The highest BCUT2D eigenvalue weighted by Gasteiger charge is 2.11. The first-order valence-corrected chi connectivity index (χ1v) is 7.36.